The van der Waals surface area contributed by atoms with Gasteiger partial charge in [0.2, 0.25) is 5.91 Å². The van der Waals surface area contributed by atoms with Crippen LogP contribution in [-0.4, -0.2) is 42.9 Å². The summed E-state index contributed by atoms with van der Waals surface area (Å²) in [4.78, 5) is 37.7. The molecule has 0 bridgehead atoms. The van der Waals surface area contributed by atoms with E-state index >= 15 is 0 Å². The fourth-order valence-corrected chi connectivity index (χ4v) is 2.48. The number of nitrogens with zero attached hydrogens (tertiary/aromatic N) is 1. The maximum atomic E-state index is 12.7. The molecular weight excluding hydrogens is 310 g/mol. The van der Waals surface area contributed by atoms with E-state index in [4.69, 9.17) is 4.74 Å². The Morgan fingerprint density at radius 3 is 2.46 bits per heavy atom. The number of methoxy groups -OCH3 is 1. The Kier molecular flexibility index (Phi) is 5.11. The van der Waals surface area contributed by atoms with Crippen LogP contribution in [0.25, 0.3) is 0 Å². The van der Waals surface area contributed by atoms with Crippen molar-refractivity contribution in [2.45, 2.75) is 26.3 Å². The van der Waals surface area contributed by atoms with E-state index < -0.39 is 17.5 Å². The molecule has 1 aliphatic rings. The second-order valence-electron chi connectivity index (χ2n) is 6.37. The Hall–Kier alpha value is -2.57. The Morgan fingerprint density at radius 1 is 1.29 bits per heavy atom. The Labute approximate surface area is 141 Å². The lowest BCUT2D eigenvalue weighted by molar-refractivity contribution is -0.134. The molecule has 2 N–H and O–H groups in total. The van der Waals surface area contributed by atoms with Gasteiger partial charge in [0.15, 0.2) is 0 Å². The zero-order valence-corrected chi connectivity index (χ0v) is 14.4. The van der Waals surface area contributed by atoms with Crippen molar-refractivity contribution < 1.29 is 19.1 Å². The predicted octanol–water partition coefficient (Wildman–Crippen LogP) is 1.23. The summed E-state index contributed by atoms with van der Waals surface area (Å²) in [6.45, 7) is 5.77. The highest BCUT2D eigenvalue weighted by Crippen LogP contribution is 2.29. The van der Waals surface area contributed by atoms with Crippen molar-refractivity contribution in [1.29, 1.82) is 0 Å². The van der Waals surface area contributed by atoms with Gasteiger partial charge in [0, 0.05) is 6.54 Å². The quantitative estimate of drug-likeness (QED) is 0.767. The molecule has 24 heavy (non-hydrogen) atoms. The van der Waals surface area contributed by atoms with Crippen LogP contribution in [0.15, 0.2) is 24.3 Å². The van der Waals surface area contributed by atoms with Gasteiger partial charge in [0.1, 0.15) is 17.8 Å². The number of urea groups is 1. The molecule has 0 saturated carbocycles. The first-order valence-corrected chi connectivity index (χ1v) is 7.83. The van der Waals surface area contributed by atoms with Crippen molar-refractivity contribution in [2.75, 3.05) is 20.2 Å². The van der Waals surface area contributed by atoms with Gasteiger partial charge in [0.05, 0.1) is 7.11 Å². The van der Waals surface area contributed by atoms with Crippen LogP contribution < -0.4 is 15.4 Å². The second-order valence-corrected chi connectivity index (χ2v) is 6.37. The third-order valence-corrected chi connectivity index (χ3v) is 3.95. The van der Waals surface area contributed by atoms with Crippen LogP contribution in [0.2, 0.25) is 0 Å². The minimum atomic E-state index is -1.19. The summed E-state index contributed by atoms with van der Waals surface area (Å²) in [5.41, 5.74) is -0.562. The maximum absolute atomic E-state index is 12.7. The normalized spacial score (nSPS) is 20.3. The van der Waals surface area contributed by atoms with E-state index in [1.807, 2.05) is 13.8 Å². The van der Waals surface area contributed by atoms with Crippen LogP contribution in [0, 0.1) is 5.92 Å². The first-order chi connectivity index (χ1) is 11.3. The standard InChI is InChI=1S/C17H23N3O4/c1-11(2)9-18-14(21)10-20-15(22)17(3,19-16(20)23)12-5-7-13(24-4)8-6-12/h5-8,11H,9-10H2,1-4H3,(H,18,21)(H,19,23)/t17-/m0/s1. The first-order valence-electron chi connectivity index (χ1n) is 7.83. The number of rotatable bonds is 6. The predicted molar refractivity (Wildman–Crippen MR) is 88.4 cm³/mol. The highest BCUT2D eigenvalue weighted by atomic mass is 16.5. The molecule has 0 aromatic heterocycles. The van der Waals surface area contributed by atoms with Gasteiger partial charge in [0.25, 0.3) is 5.91 Å². The lowest BCUT2D eigenvalue weighted by atomic mass is 9.92. The smallest absolute Gasteiger partial charge is 0.325 e. The third-order valence-electron chi connectivity index (χ3n) is 3.95. The first kappa shape index (κ1) is 17.8. The Morgan fingerprint density at radius 2 is 1.92 bits per heavy atom. The van der Waals surface area contributed by atoms with Crippen molar-refractivity contribution in [1.82, 2.24) is 15.5 Å². The van der Waals surface area contributed by atoms with Gasteiger partial charge < -0.3 is 15.4 Å². The molecule has 0 spiro atoms. The molecular formula is C17H23N3O4. The number of carbonyl (C=O) groups excluding carboxylic acids is 3. The molecule has 7 heteroatoms. The summed E-state index contributed by atoms with van der Waals surface area (Å²) in [7, 11) is 1.55. The summed E-state index contributed by atoms with van der Waals surface area (Å²) >= 11 is 0. The zero-order chi connectivity index (χ0) is 17.9. The number of nitrogens with one attached hydrogen (secondary N) is 2. The van der Waals surface area contributed by atoms with Gasteiger partial charge in [-0.25, -0.2) is 4.79 Å². The lowest BCUT2D eigenvalue weighted by Gasteiger charge is -2.22. The van der Waals surface area contributed by atoms with Gasteiger partial charge in [-0.05, 0) is 30.5 Å². The van der Waals surface area contributed by atoms with E-state index in [1.54, 1.807) is 38.3 Å². The van der Waals surface area contributed by atoms with Crippen molar-refractivity contribution in [3.05, 3.63) is 29.8 Å². The van der Waals surface area contributed by atoms with Gasteiger partial charge in [-0.1, -0.05) is 26.0 Å². The Bertz CT molecular complexity index is 642. The monoisotopic (exact) mass is 333 g/mol. The van der Waals surface area contributed by atoms with Crippen LogP contribution in [0.1, 0.15) is 26.3 Å². The average molecular weight is 333 g/mol. The van der Waals surface area contributed by atoms with Crippen molar-refractivity contribution in [2.24, 2.45) is 5.92 Å². The SMILES string of the molecule is COc1ccc([C@]2(C)NC(=O)N(CC(=O)NCC(C)C)C2=O)cc1. The number of benzene rings is 1. The van der Waals surface area contributed by atoms with Gasteiger partial charge in [-0.15, -0.1) is 0 Å². The molecule has 1 fully saturated rings. The number of ether oxygens (including phenoxy) is 1. The van der Waals surface area contributed by atoms with E-state index in [-0.39, 0.29) is 12.5 Å². The minimum absolute atomic E-state index is 0.289. The molecule has 1 heterocycles. The van der Waals surface area contributed by atoms with Gasteiger partial charge in [-0.2, -0.15) is 0 Å². The van der Waals surface area contributed by atoms with E-state index in [0.29, 0.717) is 23.8 Å². The molecule has 4 amide bonds. The molecule has 1 aliphatic heterocycles. The fourth-order valence-electron chi connectivity index (χ4n) is 2.48. The van der Waals surface area contributed by atoms with Crippen LogP contribution >= 0.6 is 0 Å². The molecule has 2 rings (SSSR count). The highest BCUT2D eigenvalue weighted by Gasteiger charge is 2.49. The zero-order valence-electron chi connectivity index (χ0n) is 14.4. The van der Waals surface area contributed by atoms with Crippen LogP contribution in [0.3, 0.4) is 0 Å². The molecule has 130 valence electrons. The number of amides is 4. The molecule has 0 radical (unpaired) electrons. The lowest BCUT2D eigenvalue weighted by Crippen LogP contribution is -2.43. The van der Waals surface area contributed by atoms with E-state index in [1.165, 1.54) is 0 Å². The molecule has 1 saturated heterocycles. The molecule has 0 unspecified atom stereocenters. The number of carbonyl (C=O) groups is 3. The maximum Gasteiger partial charge on any atom is 0.325 e. The summed E-state index contributed by atoms with van der Waals surface area (Å²) in [5, 5.41) is 5.37. The van der Waals surface area contributed by atoms with Crippen molar-refractivity contribution in [3.63, 3.8) is 0 Å². The molecule has 7 nitrogen and oxygen atoms in total. The Balaban J connectivity index is 2.13. The van der Waals surface area contributed by atoms with Gasteiger partial charge in [-0.3, -0.25) is 14.5 Å². The summed E-state index contributed by atoms with van der Waals surface area (Å²) < 4.78 is 5.10. The van der Waals surface area contributed by atoms with Crippen LogP contribution in [0.5, 0.6) is 5.75 Å². The van der Waals surface area contributed by atoms with Gasteiger partial charge >= 0.3 is 6.03 Å². The number of imide groups is 1. The average Bonchev–Trinajstić information content (AvgIpc) is 2.77. The third kappa shape index (κ3) is 3.50. The van der Waals surface area contributed by atoms with Crippen LogP contribution in [0.4, 0.5) is 4.79 Å². The molecule has 1 atom stereocenters. The summed E-state index contributed by atoms with van der Waals surface area (Å²) in [6, 6.07) is 6.31. The second kappa shape index (κ2) is 6.90. The fraction of sp³-hybridized carbons (Fsp3) is 0.471. The van der Waals surface area contributed by atoms with E-state index in [2.05, 4.69) is 10.6 Å². The summed E-state index contributed by atoms with van der Waals surface area (Å²) in [6.07, 6.45) is 0. The number of hydrogen-bond acceptors (Lipinski definition) is 4. The minimum Gasteiger partial charge on any atom is -0.497 e. The van der Waals surface area contributed by atoms with E-state index in [0.717, 1.165) is 4.90 Å². The van der Waals surface area contributed by atoms with Crippen molar-refractivity contribution >= 4 is 17.8 Å². The summed E-state index contributed by atoms with van der Waals surface area (Å²) in [5.74, 6) is 0.147. The van der Waals surface area contributed by atoms with E-state index in [9.17, 15) is 14.4 Å². The van der Waals surface area contributed by atoms with Crippen molar-refractivity contribution in [3.8, 4) is 5.75 Å². The highest BCUT2D eigenvalue weighted by molar-refractivity contribution is 6.09. The molecule has 1 aromatic carbocycles. The van der Waals surface area contributed by atoms with Crippen LogP contribution in [-0.2, 0) is 15.1 Å². The molecule has 0 aliphatic carbocycles. The number of hydrogen-bond donors (Lipinski definition) is 2. The largest absolute Gasteiger partial charge is 0.497 e. The topological polar surface area (TPSA) is 87.7 Å². The molecule has 1 aromatic rings.